The first-order valence-electron chi connectivity index (χ1n) is 6.24. The smallest absolute Gasteiger partial charge is 0.307 e. The van der Waals surface area contributed by atoms with Gasteiger partial charge in [0.25, 0.3) is 0 Å². The van der Waals surface area contributed by atoms with Gasteiger partial charge in [-0.25, -0.2) is 0 Å². The number of carbonyl (C=O) groups is 2. The van der Waals surface area contributed by atoms with E-state index in [1.807, 2.05) is 25.1 Å². The number of carboxylic acids is 1. The molecular weight excluding hydrogens is 310 g/mol. The third-order valence-corrected chi connectivity index (χ3v) is 4.18. The maximum absolute atomic E-state index is 11.9. The minimum absolute atomic E-state index is 0.152. The molecule has 1 fully saturated rings. The summed E-state index contributed by atoms with van der Waals surface area (Å²) in [6, 6.07) is 5.87. The molecule has 0 aromatic heterocycles. The summed E-state index contributed by atoms with van der Waals surface area (Å²) in [4.78, 5) is 22.8. The first-order valence-corrected chi connectivity index (χ1v) is 7.04. The highest BCUT2D eigenvalue weighted by atomic mass is 79.9. The average Bonchev–Trinajstić information content (AvgIpc) is 2.25. The quantitative estimate of drug-likeness (QED) is 0.893. The number of hydrogen-bond acceptors (Lipinski definition) is 2. The molecule has 19 heavy (non-hydrogen) atoms. The fraction of sp³-hybridized carbons (Fsp3) is 0.429. The zero-order valence-corrected chi connectivity index (χ0v) is 12.2. The first-order chi connectivity index (χ1) is 8.99. The van der Waals surface area contributed by atoms with Crippen molar-refractivity contribution in [3.8, 4) is 0 Å². The molecule has 0 heterocycles. The summed E-state index contributed by atoms with van der Waals surface area (Å²) in [5.41, 5.74) is 2.14. The first kappa shape index (κ1) is 14.1. The van der Waals surface area contributed by atoms with Crippen molar-refractivity contribution in [1.29, 1.82) is 0 Å². The van der Waals surface area contributed by atoms with Gasteiger partial charge in [0.1, 0.15) is 0 Å². The largest absolute Gasteiger partial charge is 0.481 e. The van der Waals surface area contributed by atoms with Crippen molar-refractivity contribution in [1.82, 2.24) is 5.32 Å². The molecule has 2 unspecified atom stereocenters. The van der Waals surface area contributed by atoms with E-state index in [0.717, 1.165) is 15.6 Å². The van der Waals surface area contributed by atoms with Crippen LogP contribution in [0.1, 0.15) is 24.0 Å². The minimum atomic E-state index is -0.869. The Morgan fingerprint density at radius 2 is 2.05 bits per heavy atom. The Kier molecular flexibility index (Phi) is 4.24. The molecule has 2 atom stereocenters. The van der Waals surface area contributed by atoms with Crippen LogP contribution in [-0.2, 0) is 16.1 Å². The second-order valence-electron chi connectivity index (χ2n) is 4.92. The zero-order chi connectivity index (χ0) is 14.0. The van der Waals surface area contributed by atoms with Gasteiger partial charge in [-0.15, -0.1) is 0 Å². The van der Waals surface area contributed by atoms with Gasteiger partial charge in [-0.2, -0.15) is 0 Å². The van der Waals surface area contributed by atoms with Crippen LogP contribution >= 0.6 is 15.9 Å². The normalized spacial score (nSPS) is 21.6. The van der Waals surface area contributed by atoms with E-state index < -0.39 is 11.9 Å². The summed E-state index contributed by atoms with van der Waals surface area (Å²) >= 11 is 3.39. The van der Waals surface area contributed by atoms with E-state index in [0.29, 0.717) is 19.4 Å². The van der Waals surface area contributed by atoms with Crippen LogP contribution in [0.2, 0.25) is 0 Å². The lowest BCUT2D eigenvalue weighted by molar-refractivity contribution is -0.152. The van der Waals surface area contributed by atoms with Crippen LogP contribution < -0.4 is 5.32 Å². The number of hydrogen-bond donors (Lipinski definition) is 2. The maximum Gasteiger partial charge on any atom is 0.307 e. The highest BCUT2D eigenvalue weighted by molar-refractivity contribution is 9.10. The van der Waals surface area contributed by atoms with E-state index >= 15 is 0 Å². The Morgan fingerprint density at radius 1 is 1.37 bits per heavy atom. The maximum atomic E-state index is 11.9. The van der Waals surface area contributed by atoms with Gasteiger partial charge in [-0.3, -0.25) is 9.59 Å². The molecule has 1 aliphatic rings. The molecule has 0 saturated heterocycles. The van der Waals surface area contributed by atoms with Crippen LogP contribution in [0.5, 0.6) is 0 Å². The van der Waals surface area contributed by atoms with E-state index in [9.17, 15) is 9.59 Å². The van der Waals surface area contributed by atoms with E-state index in [1.54, 1.807) is 0 Å². The number of nitrogens with one attached hydrogen (secondary N) is 1. The summed E-state index contributed by atoms with van der Waals surface area (Å²) in [7, 11) is 0. The molecule has 0 aliphatic heterocycles. The molecule has 1 amide bonds. The predicted molar refractivity (Wildman–Crippen MR) is 74.6 cm³/mol. The average molecular weight is 326 g/mol. The number of benzene rings is 1. The fourth-order valence-corrected chi connectivity index (χ4v) is 2.76. The van der Waals surface area contributed by atoms with Crippen LogP contribution in [-0.4, -0.2) is 17.0 Å². The Labute approximate surface area is 120 Å². The number of aryl methyl sites for hydroxylation is 1. The van der Waals surface area contributed by atoms with Gasteiger partial charge in [0.05, 0.1) is 11.8 Å². The molecule has 1 aromatic carbocycles. The standard InChI is InChI=1S/C14H16BrNO3/c1-8-6-10(15)3-2-9(8)7-16-13(17)11-4-5-12(11)14(18)19/h2-3,6,11-12H,4-5,7H2,1H3,(H,16,17)(H,18,19). The molecular formula is C14H16BrNO3. The number of rotatable bonds is 4. The highest BCUT2D eigenvalue weighted by Crippen LogP contribution is 2.34. The van der Waals surface area contributed by atoms with E-state index in [1.165, 1.54) is 0 Å². The van der Waals surface area contributed by atoms with Crippen molar-refractivity contribution in [3.05, 3.63) is 33.8 Å². The number of aliphatic carboxylic acids is 1. The highest BCUT2D eigenvalue weighted by Gasteiger charge is 2.41. The van der Waals surface area contributed by atoms with Crippen molar-refractivity contribution in [2.45, 2.75) is 26.3 Å². The van der Waals surface area contributed by atoms with Crippen LogP contribution in [0.25, 0.3) is 0 Å². The van der Waals surface area contributed by atoms with Crippen LogP contribution in [0, 0.1) is 18.8 Å². The zero-order valence-electron chi connectivity index (χ0n) is 10.6. The molecule has 0 spiro atoms. The molecule has 2 N–H and O–H groups in total. The summed E-state index contributed by atoms with van der Waals surface area (Å²) in [6.07, 6.45) is 1.27. The second kappa shape index (κ2) is 5.74. The Morgan fingerprint density at radius 3 is 2.58 bits per heavy atom. The van der Waals surface area contributed by atoms with Crippen molar-refractivity contribution in [3.63, 3.8) is 0 Å². The van der Waals surface area contributed by atoms with E-state index in [4.69, 9.17) is 5.11 Å². The number of carboxylic acid groups (broad SMARTS) is 1. The summed E-state index contributed by atoms with van der Waals surface area (Å²) in [6.45, 7) is 2.43. The number of carbonyl (C=O) groups excluding carboxylic acids is 1. The van der Waals surface area contributed by atoms with Crippen molar-refractivity contribution in [2.75, 3.05) is 0 Å². The van der Waals surface area contributed by atoms with Crippen molar-refractivity contribution >= 4 is 27.8 Å². The number of halogens is 1. The van der Waals surface area contributed by atoms with Gasteiger partial charge < -0.3 is 10.4 Å². The molecule has 1 aliphatic carbocycles. The second-order valence-corrected chi connectivity index (χ2v) is 5.83. The third kappa shape index (κ3) is 3.15. The molecule has 0 bridgehead atoms. The molecule has 1 saturated carbocycles. The minimum Gasteiger partial charge on any atom is -0.481 e. The molecule has 0 radical (unpaired) electrons. The van der Waals surface area contributed by atoms with Gasteiger partial charge in [-0.1, -0.05) is 22.0 Å². The van der Waals surface area contributed by atoms with Gasteiger partial charge in [-0.05, 0) is 43.0 Å². The Hall–Kier alpha value is -1.36. The van der Waals surface area contributed by atoms with E-state index in [2.05, 4.69) is 21.2 Å². The molecule has 102 valence electrons. The summed E-state index contributed by atoms with van der Waals surface area (Å²) in [5.74, 6) is -1.90. The lowest BCUT2D eigenvalue weighted by Gasteiger charge is -2.32. The van der Waals surface area contributed by atoms with Crippen LogP contribution in [0.4, 0.5) is 0 Å². The molecule has 1 aromatic rings. The number of amides is 1. The van der Waals surface area contributed by atoms with Crippen LogP contribution in [0.3, 0.4) is 0 Å². The van der Waals surface area contributed by atoms with Gasteiger partial charge >= 0.3 is 5.97 Å². The van der Waals surface area contributed by atoms with Gasteiger partial charge in [0, 0.05) is 11.0 Å². The fourth-order valence-electron chi connectivity index (χ4n) is 2.28. The summed E-state index contributed by atoms with van der Waals surface area (Å²) < 4.78 is 1.00. The van der Waals surface area contributed by atoms with Gasteiger partial charge in [0.2, 0.25) is 5.91 Å². The molecule has 5 heteroatoms. The third-order valence-electron chi connectivity index (χ3n) is 3.69. The van der Waals surface area contributed by atoms with Crippen molar-refractivity contribution in [2.24, 2.45) is 11.8 Å². The summed E-state index contributed by atoms with van der Waals surface area (Å²) in [5, 5.41) is 11.8. The van der Waals surface area contributed by atoms with Gasteiger partial charge in [0.15, 0.2) is 0 Å². The van der Waals surface area contributed by atoms with Crippen molar-refractivity contribution < 1.29 is 14.7 Å². The monoisotopic (exact) mass is 325 g/mol. The Bertz CT molecular complexity index is 515. The van der Waals surface area contributed by atoms with Crippen LogP contribution in [0.15, 0.2) is 22.7 Å². The van der Waals surface area contributed by atoms with E-state index in [-0.39, 0.29) is 11.8 Å². The topological polar surface area (TPSA) is 66.4 Å². The molecule has 4 nitrogen and oxygen atoms in total. The predicted octanol–water partition coefficient (Wildman–Crippen LogP) is 2.48. The lowest BCUT2D eigenvalue weighted by Crippen LogP contribution is -2.43. The Balaban J connectivity index is 1.92. The SMILES string of the molecule is Cc1cc(Br)ccc1CNC(=O)C1CCC1C(=O)O. The molecule has 2 rings (SSSR count). The lowest BCUT2D eigenvalue weighted by atomic mass is 9.73.